The van der Waals surface area contributed by atoms with E-state index in [-0.39, 0.29) is 17.2 Å². The lowest BCUT2D eigenvalue weighted by atomic mass is 10.0. The summed E-state index contributed by atoms with van der Waals surface area (Å²) < 4.78 is 12.9. The van der Waals surface area contributed by atoms with E-state index in [1.165, 1.54) is 30.6 Å². The fraction of sp³-hybridized carbons (Fsp3) is 0.0833. The molecule has 0 aliphatic carbocycles. The van der Waals surface area contributed by atoms with Gasteiger partial charge in [0.15, 0.2) is 5.78 Å². The Morgan fingerprint density at radius 2 is 2.12 bits per heavy atom. The summed E-state index contributed by atoms with van der Waals surface area (Å²) >= 11 is 5.63. The van der Waals surface area contributed by atoms with Gasteiger partial charge >= 0.3 is 0 Å². The highest BCUT2D eigenvalue weighted by Gasteiger charge is 2.08. The largest absolute Gasteiger partial charge is 0.294 e. The van der Waals surface area contributed by atoms with Crippen molar-refractivity contribution < 1.29 is 9.18 Å². The fourth-order valence-electron chi connectivity index (χ4n) is 1.39. The third kappa shape index (κ3) is 2.85. The number of carbonyl (C=O) groups excluding carboxylic acids is 1. The van der Waals surface area contributed by atoms with Gasteiger partial charge in [-0.15, -0.1) is 0 Å². The van der Waals surface area contributed by atoms with Crippen molar-refractivity contribution in [2.75, 3.05) is 0 Å². The second-order valence-electron chi connectivity index (χ2n) is 3.48. The maximum atomic E-state index is 12.9. The first kappa shape index (κ1) is 11.7. The summed E-state index contributed by atoms with van der Waals surface area (Å²) in [7, 11) is 0. The third-order valence-corrected chi connectivity index (χ3v) is 2.54. The van der Waals surface area contributed by atoms with Gasteiger partial charge in [0.2, 0.25) is 0 Å². The fourth-order valence-corrected chi connectivity index (χ4v) is 1.60. The van der Waals surface area contributed by atoms with E-state index in [1.54, 1.807) is 6.07 Å². The summed E-state index contributed by atoms with van der Waals surface area (Å²) in [6.07, 6.45) is 3.00. The van der Waals surface area contributed by atoms with Crippen LogP contribution in [0.15, 0.2) is 36.7 Å². The zero-order valence-electron chi connectivity index (χ0n) is 8.73. The molecule has 0 atom stereocenters. The van der Waals surface area contributed by atoms with Crippen molar-refractivity contribution in [1.82, 2.24) is 10.2 Å². The van der Waals surface area contributed by atoms with Gasteiger partial charge in [-0.2, -0.15) is 10.2 Å². The maximum absolute atomic E-state index is 12.9. The molecule has 0 amide bonds. The number of aromatic nitrogens is 2. The van der Waals surface area contributed by atoms with Gasteiger partial charge in [-0.3, -0.25) is 4.79 Å². The van der Waals surface area contributed by atoms with E-state index in [0.29, 0.717) is 11.1 Å². The lowest BCUT2D eigenvalue weighted by Gasteiger charge is -2.02. The van der Waals surface area contributed by atoms with Crippen LogP contribution in [0.2, 0.25) is 5.02 Å². The van der Waals surface area contributed by atoms with E-state index < -0.39 is 5.82 Å². The van der Waals surface area contributed by atoms with Gasteiger partial charge in [-0.05, 0) is 23.8 Å². The Morgan fingerprint density at radius 3 is 2.76 bits per heavy atom. The highest BCUT2D eigenvalue weighted by atomic mass is 35.5. The second kappa shape index (κ2) is 5.01. The van der Waals surface area contributed by atoms with Gasteiger partial charge in [0, 0.05) is 12.0 Å². The zero-order valence-corrected chi connectivity index (χ0v) is 9.49. The van der Waals surface area contributed by atoms with Crippen molar-refractivity contribution in [3.8, 4) is 0 Å². The Morgan fingerprint density at radius 1 is 1.29 bits per heavy atom. The minimum atomic E-state index is -0.492. The van der Waals surface area contributed by atoms with Crippen LogP contribution in [0.25, 0.3) is 0 Å². The van der Waals surface area contributed by atoms with E-state index in [0.717, 1.165) is 0 Å². The number of halogens is 2. The van der Waals surface area contributed by atoms with E-state index in [9.17, 15) is 9.18 Å². The minimum Gasteiger partial charge on any atom is -0.294 e. The van der Waals surface area contributed by atoms with Crippen molar-refractivity contribution >= 4 is 17.4 Å². The van der Waals surface area contributed by atoms with Crippen LogP contribution in [0, 0.1) is 5.82 Å². The quantitative estimate of drug-likeness (QED) is 0.787. The molecule has 1 aromatic carbocycles. The van der Waals surface area contributed by atoms with Gasteiger partial charge in [0.05, 0.1) is 17.4 Å². The smallest absolute Gasteiger partial charge is 0.168 e. The molecule has 17 heavy (non-hydrogen) atoms. The van der Waals surface area contributed by atoms with E-state index in [1.807, 2.05) is 0 Å². The van der Waals surface area contributed by atoms with Crippen LogP contribution in [-0.4, -0.2) is 16.0 Å². The monoisotopic (exact) mass is 250 g/mol. The Bertz CT molecular complexity index is 545. The molecule has 0 aliphatic heterocycles. The number of carbonyl (C=O) groups is 1. The lowest BCUT2D eigenvalue weighted by molar-refractivity contribution is 0.0992. The van der Waals surface area contributed by atoms with Gasteiger partial charge in [-0.25, -0.2) is 4.39 Å². The standard InChI is InChI=1S/C12H8ClFN2O/c13-10-5-8(1-2-11(10)14)6-12(17)9-3-4-15-16-7-9/h1-5,7H,6H2. The molecule has 3 nitrogen and oxygen atoms in total. The molecule has 0 saturated carbocycles. The molecular formula is C12H8ClFN2O. The molecule has 5 heteroatoms. The Hall–Kier alpha value is -1.81. The topological polar surface area (TPSA) is 42.9 Å². The Kier molecular flexibility index (Phi) is 3.44. The number of rotatable bonds is 3. The highest BCUT2D eigenvalue weighted by Crippen LogP contribution is 2.17. The number of hydrogen-bond donors (Lipinski definition) is 0. The van der Waals surface area contributed by atoms with E-state index >= 15 is 0 Å². The van der Waals surface area contributed by atoms with Crippen LogP contribution in [0.4, 0.5) is 4.39 Å². The SMILES string of the molecule is O=C(Cc1ccc(F)c(Cl)c1)c1ccnnc1. The summed E-state index contributed by atoms with van der Waals surface area (Å²) in [6, 6.07) is 5.81. The molecule has 1 aromatic heterocycles. The number of Topliss-reactive ketones (excluding diaryl/α,β-unsaturated/α-hetero) is 1. The lowest BCUT2D eigenvalue weighted by Crippen LogP contribution is -2.04. The van der Waals surface area contributed by atoms with Crippen molar-refractivity contribution in [1.29, 1.82) is 0 Å². The first-order valence-corrected chi connectivity index (χ1v) is 5.28. The molecule has 0 radical (unpaired) electrons. The summed E-state index contributed by atoms with van der Waals surface area (Å²) in [5, 5.41) is 7.23. The van der Waals surface area contributed by atoms with Gasteiger partial charge in [-0.1, -0.05) is 17.7 Å². The highest BCUT2D eigenvalue weighted by molar-refractivity contribution is 6.30. The summed E-state index contributed by atoms with van der Waals surface area (Å²) in [5.41, 5.74) is 1.14. The Balaban J connectivity index is 2.16. The predicted molar refractivity (Wildman–Crippen MR) is 61.5 cm³/mol. The average Bonchev–Trinajstić information content (AvgIpc) is 2.35. The molecule has 0 unspecified atom stereocenters. The molecular weight excluding hydrogens is 243 g/mol. The molecule has 1 heterocycles. The molecule has 2 aromatic rings. The van der Waals surface area contributed by atoms with Crippen LogP contribution >= 0.6 is 11.6 Å². The molecule has 0 bridgehead atoms. The van der Waals surface area contributed by atoms with Gasteiger partial charge in [0.1, 0.15) is 5.82 Å². The first-order valence-electron chi connectivity index (χ1n) is 4.90. The molecule has 0 spiro atoms. The molecule has 86 valence electrons. The summed E-state index contributed by atoms with van der Waals surface area (Å²) in [5.74, 6) is -0.601. The van der Waals surface area contributed by atoms with Crippen LogP contribution < -0.4 is 0 Å². The molecule has 0 aliphatic rings. The molecule has 2 rings (SSSR count). The molecule has 0 N–H and O–H groups in total. The van der Waals surface area contributed by atoms with Gasteiger partial charge in [0.25, 0.3) is 0 Å². The van der Waals surface area contributed by atoms with Crippen molar-refractivity contribution in [2.24, 2.45) is 0 Å². The van der Waals surface area contributed by atoms with E-state index in [2.05, 4.69) is 10.2 Å². The van der Waals surface area contributed by atoms with Crippen molar-refractivity contribution in [3.63, 3.8) is 0 Å². The van der Waals surface area contributed by atoms with Gasteiger partial charge < -0.3 is 0 Å². The predicted octanol–water partition coefficient (Wildman–Crippen LogP) is 2.69. The van der Waals surface area contributed by atoms with Crippen LogP contribution in [0.3, 0.4) is 0 Å². The number of benzene rings is 1. The third-order valence-electron chi connectivity index (χ3n) is 2.25. The molecule has 0 fully saturated rings. The van der Waals surface area contributed by atoms with Crippen LogP contribution in [-0.2, 0) is 6.42 Å². The van der Waals surface area contributed by atoms with Crippen molar-refractivity contribution in [3.05, 3.63) is 58.6 Å². The number of hydrogen-bond acceptors (Lipinski definition) is 3. The van der Waals surface area contributed by atoms with Crippen LogP contribution in [0.1, 0.15) is 15.9 Å². The molecule has 0 saturated heterocycles. The Labute approximate surface area is 102 Å². The normalized spacial score (nSPS) is 10.2. The number of nitrogens with zero attached hydrogens (tertiary/aromatic N) is 2. The zero-order chi connectivity index (χ0) is 12.3. The summed E-state index contributed by atoms with van der Waals surface area (Å²) in [4.78, 5) is 11.8. The van der Waals surface area contributed by atoms with Crippen LogP contribution in [0.5, 0.6) is 0 Å². The summed E-state index contributed by atoms with van der Waals surface area (Å²) in [6.45, 7) is 0. The number of ketones is 1. The maximum Gasteiger partial charge on any atom is 0.168 e. The first-order chi connectivity index (χ1) is 8.16. The minimum absolute atomic E-state index is 0.0168. The van der Waals surface area contributed by atoms with Crippen molar-refractivity contribution in [2.45, 2.75) is 6.42 Å². The van der Waals surface area contributed by atoms with E-state index in [4.69, 9.17) is 11.6 Å². The second-order valence-corrected chi connectivity index (χ2v) is 3.89. The average molecular weight is 251 g/mol.